The standard InChI is InChI=1S/C12H13NO5S3/c14-10(8-3-4-19-7-8)6-13-21(17,18)12-2-1-9(20-12)5-11(15)16/h1-4,7,10,13-14H,5-6H2,(H,15,16). The molecule has 0 radical (unpaired) electrons. The highest BCUT2D eigenvalue weighted by Gasteiger charge is 2.19. The lowest BCUT2D eigenvalue weighted by atomic mass is 10.2. The molecule has 21 heavy (non-hydrogen) atoms. The number of aliphatic hydroxyl groups is 1. The fraction of sp³-hybridized carbons (Fsp3) is 0.250. The van der Waals surface area contributed by atoms with Gasteiger partial charge in [-0.1, -0.05) is 0 Å². The maximum atomic E-state index is 12.0. The van der Waals surface area contributed by atoms with Crippen LogP contribution in [0, 0.1) is 0 Å². The molecule has 0 bridgehead atoms. The van der Waals surface area contributed by atoms with E-state index in [0.717, 1.165) is 11.3 Å². The molecule has 2 rings (SSSR count). The summed E-state index contributed by atoms with van der Waals surface area (Å²) in [5.74, 6) is -1.01. The van der Waals surface area contributed by atoms with Crippen LogP contribution >= 0.6 is 22.7 Å². The Bertz CT molecular complexity index is 705. The van der Waals surface area contributed by atoms with Crippen LogP contribution in [0.4, 0.5) is 0 Å². The average molecular weight is 347 g/mol. The third-order valence-corrected chi connectivity index (χ3v) is 6.32. The topological polar surface area (TPSA) is 104 Å². The van der Waals surface area contributed by atoms with Crippen molar-refractivity contribution in [1.82, 2.24) is 4.72 Å². The number of hydrogen-bond acceptors (Lipinski definition) is 6. The van der Waals surface area contributed by atoms with Crippen molar-refractivity contribution in [3.8, 4) is 0 Å². The Labute approximate surface area is 129 Å². The molecule has 0 amide bonds. The Morgan fingerprint density at radius 2 is 2.10 bits per heavy atom. The normalized spacial score (nSPS) is 13.2. The summed E-state index contributed by atoms with van der Waals surface area (Å²) in [6, 6.07) is 4.56. The fourth-order valence-electron chi connectivity index (χ4n) is 1.59. The largest absolute Gasteiger partial charge is 0.481 e. The van der Waals surface area contributed by atoms with E-state index in [-0.39, 0.29) is 17.2 Å². The Hall–Kier alpha value is -1.26. The zero-order valence-corrected chi connectivity index (χ0v) is 13.2. The highest BCUT2D eigenvalue weighted by atomic mass is 32.2. The monoisotopic (exact) mass is 347 g/mol. The van der Waals surface area contributed by atoms with Crippen LogP contribution in [0.25, 0.3) is 0 Å². The number of nitrogens with one attached hydrogen (secondary N) is 1. The van der Waals surface area contributed by atoms with E-state index in [2.05, 4.69) is 4.72 Å². The number of aliphatic carboxylic acids is 1. The molecular weight excluding hydrogens is 334 g/mol. The van der Waals surface area contributed by atoms with E-state index in [1.807, 2.05) is 0 Å². The van der Waals surface area contributed by atoms with Gasteiger partial charge in [0.15, 0.2) is 0 Å². The van der Waals surface area contributed by atoms with Crippen molar-refractivity contribution in [2.45, 2.75) is 16.7 Å². The first-order valence-corrected chi connectivity index (χ1v) is 9.13. The molecule has 114 valence electrons. The summed E-state index contributed by atoms with van der Waals surface area (Å²) in [5, 5.41) is 22.1. The van der Waals surface area contributed by atoms with Crippen LogP contribution in [0.15, 0.2) is 33.2 Å². The second kappa shape index (κ2) is 6.67. The Morgan fingerprint density at radius 3 is 2.71 bits per heavy atom. The Morgan fingerprint density at radius 1 is 1.33 bits per heavy atom. The molecular formula is C12H13NO5S3. The van der Waals surface area contributed by atoms with E-state index in [9.17, 15) is 18.3 Å². The zero-order valence-electron chi connectivity index (χ0n) is 10.7. The number of aliphatic hydroxyl groups excluding tert-OH is 1. The van der Waals surface area contributed by atoms with Gasteiger partial charge in [0.2, 0.25) is 10.0 Å². The molecule has 1 unspecified atom stereocenters. The second-order valence-corrected chi connectivity index (χ2v) is 8.16. The van der Waals surface area contributed by atoms with E-state index >= 15 is 0 Å². The number of carboxylic acids is 1. The van der Waals surface area contributed by atoms with Crippen LogP contribution in [0.2, 0.25) is 0 Å². The van der Waals surface area contributed by atoms with Crippen molar-refractivity contribution < 1.29 is 23.4 Å². The van der Waals surface area contributed by atoms with Gasteiger partial charge in [-0.3, -0.25) is 4.79 Å². The smallest absolute Gasteiger partial charge is 0.308 e. The lowest BCUT2D eigenvalue weighted by Crippen LogP contribution is -2.27. The molecule has 2 aromatic rings. The van der Waals surface area contributed by atoms with Gasteiger partial charge in [0.05, 0.1) is 12.5 Å². The van der Waals surface area contributed by atoms with Crippen LogP contribution in [0.1, 0.15) is 16.5 Å². The molecule has 2 aromatic heterocycles. The third-order valence-electron chi connectivity index (χ3n) is 2.62. The summed E-state index contributed by atoms with van der Waals surface area (Å²) in [7, 11) is -3.74. The summed E-state index contributed by atoms with van der Waals surface area (Å²) >= 11 is 2.32. The maximum absolute atomic E-state index is 12.0. The molecule has 1 atom stereocenters. The molecule has 0 spiro atoms. The van der Waals surface area contributed by atoms with Crippen LogP contribution in [-0.4, -0.2) is 31.1 Å². The van der Waals surface area contributed by atoms with Gasteiger partial charge in [-0.2, -0.15) is 11.3 Å². The number of carbonyl (C=O) groups is 1. The predicted octanol–water partition coefficient (Wildman–Crippen LogP) is 1.45. The molecule has 0 saturated carbocycles. The van der Waals surface area contributed by atoms with Gasteiger partial charge in [0, 0.05) is 11.4 Å². The summed E-state index contributed by atoms with van der Waals surface area (Å²) in [4.78, 5) is 11.0. The number of hydrogen-bond donors (Lipinski definition) is 3. The molecule has 0 aromatic carbocycles. The number of carboxylic acid groups (broad SMARTS) is 1. The van der Waals surface area contributed by atoms with Crippen LogP contribution in [-0.2, 0) is 21.2 Å². The third kappa shape index (κ3) is 4.35. The quantitative estimate of drug-likeness (QED) is 0.703. The fourth-order valence-corrected chi connectivity index (χ4v) is 4.73. The first-order chi connectivity index (χ1) is 9.88. The highest BCUT2D eigenvalue weighted by molar-refractivity contribution is 7.91. The van der Waals surface area contributed by atoms with Crippen LogP contribution in [0.5, 0.6) is 0 Å². The second-order valence-electron chi connectivity index (χ2n) is 4.22. The van der Waals surface area contributed by atoms with E-state index < -0.39 is 22.1 Å². The summed E-state index contributed by atoms with van der Waals surface area (Å²) in [5.41, 5.74) is 0.653. The van der Waals surface area contributed by atoms with Crippen molar-refractivity contribution in [2.75, 3.05) is 6.54 Å². The van der Waals surface area contributed by atoms with Crippen molar-refractivity contribution in [3.63, 3.8) is 0 Å². The van der Waals surface area contributed by atoms with Gasteiger partial charge in [-0.25, -0.2) is 13.1 Å². The van der Waals surface area contributed by atoms with Crippen molar-refractivity contribution in [1.29, 1.82) is 0 Å². The molecule has 3 N–H and O–H groups in total. The van der Waals surface area contributed by atoms with Crippen LogP contribution in [0.3, 0.4) is 0 Å². The van der Waals surface area contributed by atoms with Gasteiger partial charge in [-0.15, -0.1) is 11.3 Å². The number of sulfonamides is 1. The number of rotatable bonds is 7. The van der Waals surface area contributed by atoms with Gasteiger partial charge < -0.3 is 10.2 Å². The minimum absolute atomic E-state index is 0.0382. The molecule has 0 aliphatic rings. The molecule has 2 heterocycles. The van der Waals surface area contributed by atoms with E-state index in [1.165, 1.54) is 23.5 Å². The maximum Gasteiger partial charge on any atom is 0.308 e. The first kappa shape index (κ1) is 16.1. The molecule has 0 aliphatic carbocycles. The minimum atomic E-state index is -3.74. The SMILES string of the molecule is O=C(O)Cc1ccc(S(=O)(=O)NCC(O)c2ccsc2)s1. The van der Waals surface area contributed by atoms with E-state index in [0.29, 0.717) is 10.4 Å². The Kier molecular flexibility index (Phi) is 5.12. The van der Waals surface area contributed by atoms with Crippen molar-refractivity contribution >= 4 is 38.7 Å². The van der Waals surface area contributed by atoms with Gasteiger partial charge in [0.25, 0.3) is 0 Å². The predicted molar refractivity (Wildman–Crippen MR) is 80.1 cm³/mol. The van der Waals surface area contributed by atoms with E-state index in [1.54, 1.807) is 16.8 Å². The summed E-state index contributed by atoms with van der Waals surface area (Å²) in [6.45, 7) is -0.134. The number of thiophene rings is 2. The lowest BCUT2D eigenvalue weighted by molar-refractivity contribution is -0.136. The van der Waals surface area contributed by atoms with Crippen molar-refractivity contribution in [3.05, 3.63) is 39.4 Å². The molecule has 0 saturated heterocycles. The lowest BCUT2D eigenvalue weighted by Gasteiger charge is -2.10. The van der Waals surface area contributed by atoms with Crippen molar-refractivity contribution in [2.24, 2.45) is 0 Å². The summed E-state index contributed by atoms with van der Waals surface area (Å²) < 4.78 is 26.5. The summed E-state index contributed by atoms with van der Waals surface area (Å²) in [6.07, 6.45) is -1.12. The molecule has 0 fully saturated rings. The zero-order chi connectivity index (χ0) is 15.5. The van der Waals surface area contributed by atoms with Gasteiger partial charge >= 0.3 is 5.97 Å². The highest BCUT2D eigenvalue weighted by Crippen LogP contribution is 2.22. The van der Waals surface area contributed by atoms with Crippen LogP contribution < -0.4 is 4.72 Å². The molecule has 0 aliphatic heterocycles. The molecule has 6 nitrogen and oxygen atoms in total. The van der Waals surface area contributed by atoms with Gasteiger partial charge in [0.1, 0.15) is 4.21 Å². The van der Waals surface area contributed by atoms with Gasteiger partial charge in [-0.05, 0) is 34.5 Å². The molecule has 9 heteroatoms. The van der Waals surface area contributed by atoms with E-state index in [4.69, 9.17) is 5.11 Å². The Balaban J connectivity index is 2.01. The first-order valence-electron chi connectivity index (χ1n) is 5.89. The minimum Gasteiger partial charge on any atom is -0.481 e. The average Bonchev–Trinajstić information content (AvgIpc) is 3.06.